The Morgan fingerprint density at radius 1 is 1.40 bits per heavy atom. The van der Waals surface area contributed by atoms with Gasteiger partial charge in [0.15, 0.2) is 0 Å². The fraction of sp³-hybridized carbons (Fsp3) is 0.0909. The maximum absolute atomic E-state index is 10.6. The standard InChI is InChI=1S/C11H10N2O2/c1-8(10(13-12)11(14)15)7-9-5-3-2-4-6-9/h2-7H,1H3,(H,14,15). The monoisotopic (exact) mass is 202 g/mol. The minimum atomic E-state index is -1.25. The Kier molecular flexibility index (Phi) is 3.55. The van der Waals surface area contributed by atoms with E-state index in [1.165, 1.54) is 0 Å². The first-order chi connectivity index (χ1) is 7.15. The van der Waals surface area contributed by atoms with Gasteiger partial charge in [-0.2, -0.15) is 4.79 Å². The van der Waals surface area contributed by atoms with Crippen LogP contribution in [0, 0.1) is 0 Å². The highest BCUT2D eigenvalue weighted by Gasteiger charge is 2.20. The summed E-state index contributed by atoms with van der Waals surface area (Å²) in [5.74, 6) is -1.25. The molecule has 1 aromatic carbocycles. The average Bonchev–Trinajstić information content (AvgIpc) is 2.19. The molecule has 0 radical (unpaired) electrons. The van der Waals surface area contributed by atoms with Crippen LogP contribution in [0.2, 0.25) is 0 Å². The third kappa shape index (κ3) is 2.90. The SMILES string of the molecule is CC(=Cc1ccccc1)C(=[N+]=[N-])C(=O)O. The summed E-state index contributed by atoms with van der Waals surface area (Å²) < 4.78 is 0. The predicted molar refractivity (Wildman–Crippen MR) is 56.4 cm³/mol. The van der Waals surface area contributed by atoms with Gasteiger partial charge in [-0.1, -0.05) is 30.3 Å². The number of carboxylic acids is 1. The van der Waals surface area contributed by atoms with Crippen LogP contribution in [0.4, 0.5) is 0 Å². The summed E-state index contributed by atoms with van der Waals surface area (Å²) in [5, 5.41) is 8.69. The van der Waals surface area contributed by atoms with E-state index in [0.717, 1.165) is 5.56 Å². The van der Waals surface area contributed by atoms with Crippen molar-refractivity contribution in [3.05, 3.63) is 47.0 Å². The van der Waals surface area contributed by atoms with E-state index in [4.69, 9.17) is 10.6 Å². The molecule has 0 aliphatic carbocycles. The summed E-state index contributed by atoms with van der Waals surface area (Å²) in [6.45, 7) is 1.58. The van der Waals surface area contributed by atoms with Crippen LogP contribution in [0.3, 0.4) is 0 Å². The summed E-state index contributed by atoms with van der Waals surface area (Å²) in [7, 11) is 0. The average molecular weight is 202 g/mol. The molecule has 4 nitrogen and oxygen atoms in total. The summed E-state index contributed by atoms with van der Waals surface area (Å²) >= 11 is 0. The lowest BCUT2D eigenvalue weighted by Crippen LogP contribution is -2.15. The number of benzene rings is 1. The highest BCUT2D eigenvalue weighted by molar-refractivity contribution is 6.40. The van der Waals surface area contributed by atoms with Gasteiger partial charge in [0.25, 0.3) is 0 Å². The van der Waals surface area contributed by atoms with Crippen LogP contribution in [0.25, 0.3) is 11.6 Å². The van der Waals surface area contributed by atoms with Gasteiger partial charge in [0.05, 0.1) is 0 Å². The highest BCUT2D eigenvalue weighted by atomic mass is 16.4. The fourth-order valence-electron chi connectivity index (χ4n) is 1.16. The quantitative estimate of drug-likeness (QED) is 0.461. The molecule has 0 bridgehead atoms. The molecule has 0 unspecified atom stereocenters. The second-order valence-electron chi connectivity index (χ2n) is 2.99. The lowest BCUT2D eigenvalue weighted by atomic mass is 10.1. The van der Waals surface area contributed by atoms with Gasteiger partial charge < -0.3 is 10.6 Å². The number of aliphatic carboxylic acids is 1. The summed E-state index contributed by atoms with van der Waals surface area (Å²) in [6.07, 6.45) is 1.64. The lowest BCUT2D eigenvalue weighted by Gasteiger charge is -1.93. The smallest absolute Gasteiger partial charge is 0.419 e. The van der Waals surface area contributed by atoms with Crippen molar-refractivity contribution in [1.29, 1.82) is 0 Å². The number of hydrogen-bond donors (Lipinski definition) is 1. The molecule has 0 spiro atoms. The zero-order valence-electron chi connectivity index (χ0n) is 8.21. The van der Waals surface area contributed by atoms with E-state index < -0.39 is 5.97 Å². The van der Waals surface area contributed by atoms with Gasteiger partial charge >= 0.3 is 11.7 Å². The van der Waals surface area contributed by atoms with E-state index in [1.807, 2.05) is 30.3 Å². The maximum atomic E-state index is 10.6. The Bertz CT molecular complexity index is 443. The second kappa shape index (κ2) is 4.88. The summed E-state index contributed by atoms with van der Waals surface area (Å²) in [6, 6.07) is 9.22. The molecule has 0 saturated heterocycles. The molecular weight excluding hydrogens is 192 g/mol. The predicted octanol–water partition coefficient (Wildman–Crippen LogP) is 1.85. The van der Waals surface area contributed by atoms with Crippen molar-refractivity contribution in [3.63, 3.8) is 0 Å². The van der Waals surface area contributed by atoms with Crippen molar-refractivity contribution in [1.82, 2.24) is 0 Å². The van der Waals surface area contributed by atoms with Crippen molar-refractivity contribution in [2.24, 2.45) is 0 Å². The van der Waals surface area contributed by atoms with Gasteiger partial charge in [0.1, 0.15) is 0 Å². The molecule has 0 aliphatic heterocycles. The van der Waals surface area contributed by atoms with Gasteiger partial charge in [0.2, 0.25) is 0 Å². The van der Waals surface area contributed by atoms with E-state index >= 15 is 0 Å². The van der Waals surface area contributed by atoms with Crippen LogP contribution in [0.15, 0.2) is 35.9 Å². The number of rotatable bonds is 3. The van der Waals surface area contributed by atoms with Crippen molar-refractivity contribution in [3.8, 4) is 0 Å². The Labute approximate surface area is 87.1 Å². The molecule has 0 atom stereocenters. The summed E-state index contributed by atoms with van der Waals surface area (Å²) in [5.41, 5.74) is 9.42. The zero-order valence-corrected chi connectivity index (χ0v) is 8.21. The van der Waals surface area contributed by atoms with Crippen LogP contribution in [0.5, 0.6) is 0 Å². The minimum Gasteiger partial charge on any atom is -0.472 e. The fourth-order valence-corrected chi connectivity index (χ4v) is 1.16. The molecule has 1 N–H and O–H groups in total. The largest absolute Gasteiger partial charge is 0.472 e. The van der Waals surface area contributed by atoms with Crippen LogP contribution in [-0.2, 0) is 4.79 Å². The van der Waals surface area contributed by atoms with E-state index in [0.29, 0.717) is 5.57 Å². The molecule has 0 heterocycles. The van der Waals surface area contributed by atoms with E-state index in [1.54, 1.807) is 13.0 Å². The number of carboxylic acid groups (broad SMARTS) is 1. The first kappa shape index (κ1) is 10.9. The van der Waals surface area contributed by atoms with Gasteiger partial charge in [0, 0.05) is 5.57 Å². The molecule has 0 fully saturated rings. The van der Waals surface area contributed by atoms with Gasteiger partial charge in [-0.3, -0.25) is 0 Å². The molecule has 0 aliphatic rings. The van der Waals surface area contributed by atoms with Crippen LogP contribution >= 0.6 is 0 Å². The normalized spacial score (nSPS) is 10.6. The second-order valence-corrected chi connectivity index (χ2v) is 2.99. The Morgan fingerprint density at radius 3 is 2.47 bits per heavy atom. The Balaban J connectivity index is 3.04. The minimum absolute atomic E-state index is 0.348. The molecule has 4 heteroatoms. The van der Waals surface area contributed by atoms with E-state index in [2.05, 4.69) is 4.79 Å². The highest BCUT2D eigenvalue weighted by Crippen LogP contribution is 2.06. The van der Waals surface area contributed by atoms with Gasteiger partial charge in [-0.05, 0) is 18.6 Å². The summed E-state index contributed by atoms with van der Waals surface area (Å²) in [4.78, 5) is 13.4. The molecule has 0 amide bonds. The van der Waals surface area contributed by atoms with Crippen molar-refractivity contribution >= 4 is 17.8 Å². The van der Waals surface area contributed by atoms with Gasteiger partial charge in [-0.25, -0.2) is 4.79 Å². The topological polar surface area (TPSA) is 73.7 Å². The van der Waals surface area contributed by atoms with Crippen molar-refractivity contribution < 1.29 is 14.7 Å². The van der Waals surface area contributed by atoms with E-state index in [-0.39, 0.29) is 5.71 Å². The number of carbonyl (C=O) groups is 1. The Morgan fingerprint density at radius 2 is 2.00 bits per heavy atom. The first-order valence-electron chi connectivity index (χ1n) is 4.34. The van der Waals surface area contributed by atoms with Gasteiger partial charge in [-0.15, -0.1) is 0 Å². The third-order valence-electron chi connectivity index (χ3n) is 1.86. The first-order valence-corrected chi connectivity index (χ1v) is 4.34. The molecular formula is C11H10N2O2. The molecule has 0 saturated carbocycles. The number of hydrogen-bond acceptors (Lipinski definition) is 1. The number of nitrogens with zero attached hydrogens (tertiary/aromatic N) is 2. The van der Waals surface area contributed by atoms with Crippen molar-refractivity contribution in [2.75, 3.05) is 0 Å². The lowest BCUT2D eigenvalue weighted by molar-refractivity contribution is -0.133. The van der Waals surface area contributed by atoms with Crippen LogP contribution in [0.1, 0.15) is 12.5 Å². The van der Waals surface area contributed by atoms with Crippen LogP contribution in [-0.4, -0.2) is 21.6 Å². The Hall–Kier alpha value is -2.19. The molecule has 0 aromatic heterocycles. The maximum Gasteiger partial charge on any atom is 0.419 e. The molecule has 1 rings (SSSR count). The third-order valence-corrected chi connectivity index (χ3v) is 1.86. The molecule has 1 aromatic rings. The molecule has 76 valence electrons. The van der Waals surface area contributed by atoms with Crippen molar-refractivity contribution in [2.45, 2.75) is 6.92 Å². The van der Waals surface area contributed by atoms with E-state index in [9.17, 15) is 4.79 Å². The van der Waals surface area contributed by atoms with Crippen LogP contribution < -0.4 is 0 Å². The molecule has 15 heavy (non-hydrogen) atoms. The zero-order chi connectivity index (χ0) is 11.3.